The standard InChI is InChI=1S/C48H67N13O10/c1-3-4-18-33(55-29(2)62)41(64)61-39-26-40(63)52-21-12-11-19-35(47(70)71)57-43(66)36(23-30-14-7-5-8-15-30)59-44(67)37(24-31-16-9-6-10-17-31)58-42(65)34(20-13-22-53-48(49)50)56-45(68)38(60-46(39)69)25-32-27-51-28-54-32/h5-10,14-17,27-28,33-39H,3-4,11-13,18-26H2,1-2H3,(H,51,54)(H,52,63)(H,55,62)(H,56,68)(H,57,66)(H,58,65)(H,59,67)(H,60,69)(H,61,64)(H,70,71)(H4,49,50,53)/t33-,34+,35-,36-,37-,38-,39-/m0/s1. The maximum atomic E-state index is 14.5. The van der Waals surface area contributed by atoms with Crippen molar-refractivity contribution in [2.24, 2.45) is 16.5 Å². The van der Waals surface area contributed by atoms with E-state index in [1.807, 2.05) is 6.92 Å². The summed E-state index contributed by atoms with van der Waals surface area (Å²) in [5, 5.41) is 31.4. The van der Waals surface area contributed by atoms with Crippen LogP contribution >= 0.6 is 0 Å². The molecular formula is C48H67N13O10. The molecule has 1 fully saturated rings. The number of rotatable bonds is 17. The molecule has 0 saturated carbocycles. The first kappa shape index (κ1) is 55.7. The highest BCUT2D eigenvalue weighted by molar-refractivity contribution is 5.98. The quantitative estimate of drug-likeness (QED) is 0.0434. The second kappa shape index (κ2) is 29.2. The molecule has 4 rings (SSSR count). The highest BCUT2D eigenvalue weighted by Gasteiger charge is 2.35. The number of aliphatic carboxylic acids is 1. The molecule has 1 saturated heterocycles. The van der Waals surface area contributed by atoms with Crippen LogP contribution in [0.1, 0.15) is 88.5 Å². The lowest BCUT2D eigenvalue weighted by Crippen LogP contribution is -2.61. The van der Waals surface area contributed by atoms with Crippen molar-refractivity contribution in [3.05, 3.63) is 90.0 Å². The number of guanidine groups is 1. The number of hydrogen-bond donors (Lipinski definition) is 12. The molecule has 8 amide bonds. The first-order chi connectivity index (χ1) is 34.0. The smallest absolute Gasteiger partial charge is 0.326 e. The number of nitrogens with two attached hydrogens (primary N) is 2. The van der Waals surface area contributed by atoms with Gasteiger partial charge in [-0.1, -0.05) is 80.4 Å². The van der Waals surface area contributed by atoms with E-state index >= 15 is 0 Å². The highest BCUT2D eigenvalue weighted by atomic mass is 16.4. The highest BCUT2D eigenvalue weighted by Crippen LogP contribution is 2.12. The molecule has 0 bridgehead atoms. The van der Waals surface area contributed by atoms with Crippen LogP contribution < -0.4 is 54.0 Å². The predicted molar refractivity (Wildman–Crippen MR) is 260 cm³/mol. The molecule has 0 spiro atoms. The first-order valence-corrected chi connectivity index (χ1v) is 23.7. The summed E-state index contributed by atoms with van der Waals surface area (Å²) >= 11 is 0. The Bertz CT molecular complexity index is 2280. The van der Waals surface area contributed by atoms with Crippen LogP contribution in [0, 0.1) is 0 Å². The number of aromatic amines is 1. The fourth-order valence-electron chi connectivity index (χ4n) is 7.70. The van der Waals surface area contributed by atoms with Gasteiger partial charge in [0.05, 0.1) is 12.7 Å². The summed E-state index contributed by atoms with van der Waals surface area (Å²) in [5.41, 5.74) is 12.8. The Morgan fingerprint density at radius 3 is 1.87 bits per heavy atom. The Labute approximate surface area is 411 Å². The zero-order valence-corrected chi connectivity index (χ0v) is 40.0. The molecule has 3 aromatic rings. The monoisotopic (exact) mass is 986 g/mol. The van der Waals surface area contributed by atoms with Crippen LogP contribution in [0.15, 0.2) is 78.2 Å². The van der Waals surface area contributed by atoms with Crippen molar-refractivity contribution in [1.82, 2.24) is 52.5 Å². The fraction of sp³-hybridized carbons (Fsp3) is 0.479. The Hall–Kier alpha value is -7.85. The van der Waals surface area contributed by atoms with Crippen LogP contribution in [-0.4, -0.2) is 130 Å². The summed E-state index contributed by atoms with van der Waals surface area (Å²) in [4.78, 5) is 134. The van der Waals surface area contributed by atoms with E-state index in [-0.39, 0.29) is 76.8 Å². The lowest BCUT2D eigenvalue weighted by molar-refractivity contribution is -0.142. The Morgan fingerprint density at radius 1 is 0.761 bits per heavy atom. The number of benzene rings is 2. The number of hydrogen-bond acceptors (Lipinski definition) is 11. The van der Waals surface area contributed by atoms with Gasteiger partial charge in [-0.2, -0.15) is 0 Å². The van der Waals surface area contributed by atoms with Crippen molar-refractivity contribution in [1.29, 1.82) is 0 Å². The van der Waals surface area contributed by atoms with Crippen LogP contribution in [0.3, 0.4) is 0 Å². The van der Waals surface area contributed by atoms with Gasteiger partial charge >= 0.3 is 5.97 Å². The molecular weight excluding hydrogens is 919 g/mol. The van der Waals surface area contributed by atoms with Crippen molar-refractivity contribution < 1.29 is 48.3 Å². The van der Waals surface area contributed by atoms with E-state index in [1.54, 1.807) is 60.7 Å². The largest absolute Gasteiger partial charge is 0.480 e. The molecule has 2 aromatic carbocycles. The summed E-state index contributed by atoms with van der Waals surface area (Å²) in [5.74, 6) is -7.77. The molecule has 384 valence electrons. The summed E-state index contributed by atoms with van der Waals surface area (Å²) in [6.07, 6.45) is 3.68. The van der Waals surface area contributed by atoms with E-state index in [0.29, 0.717) is 29.7 Å². The molecule has 0 unspecified atom stereocenters. The number of carbonyl (C=O) groups is 9. The van der Waals surface area contributed by atoms with Crippen molar-refractivity contribution >= 4 is 59.2 Å². The first-order valence-electron chi connectivity index (χ1n) is 23.7. The Morgan fingerprint density at radius 2 is 1.32 bits per heavy atom. The van der Waals surface area contributed by atoms with Crippen LogP contribution in [-0.2, 0) is 62.4 Å². The van der Waals surface area contributed by atoms with E-state index < -0.39 is 102 Å². The van der Waals surface area contributed by atoms with Gasteiger partial charge < -0.3 is 64.1 Å². The van der Waals surface area contributed by atoms with Gasteiger partial charge in [-0.05, 0) is 49.7 Å². The number of H-pyrrole nitrogens is 1. The Balaban J connectivity index is 1.78. The topological polar surface area (TPSA) is 363 Å². The van der Waals surface area contributed by atoms with Crippen LogP contribution in [0.2, 0.25) is 0 Å². The third-order valence-electron chi connectivity index (χ3n) is 11.4. The Kier molecular flexibility index (Phi) is 23.0. The summed E-state index contributed by atoms with van der Waals surface area (Å²) < 4.78 is 0. The van der Waals surface area contributed by atoms with Crippen molar-refractivity contribution in [2.75, 3.05) is 13.1 Å². The van der Waals surface area contributed by atoms with Crippen LogP contribution in [0.5, 0.6) is 0 Å². The number of aromatic nitrogens is 2. The SMILES string of the molecule is CCCC[C@H](NC(C)=O)C(=O)N[C@H]1CC(=O)NCCCC[C@@H](C(=O)O)NC(=O)[C@H](Cc2ccccc2)NC(=O)[C@H](Cc2ccccc2)NC(=O)[C@@H](CCCN=C(N)N)NC(=O)[C@H](Cc2cnc[nH]2)NC1=O. The summed E-state index contributed by atoms with van der Waals surface area (Å²) in [6, 6.07) is 7.83. The van der Waals surface area contributed by atoms with E-state index in [0.717, 1.165) is 0 Å². The average molecular weight is 986 g/mol. The van der Waals surface area contributed by atoms with E-state index in [1.165, 1.54) is 19.4 Å². The molecule has 1 aliphatic rings. The lowest BCUT2D eigenvalue weighted by atomic mass is 10.0. The fourth-order valence-corrected chi connectivity index (χ4v) is 7.70. The van der Waals surface area contributed by atoms with Crippen LogP contribution in [0.4, 0.5) is 0 Å². The molecule has 1 aliphatic heterocycles. The minimum Gasteiger partial charge on any atom is -0.480 e. The molecule has 1 aromatic heterocycles. The molecule has 23 nitrogen and oxygen atoms in total. The number of aliphatic imine (C=N–C) groups is 1. The number of carboxylic acids is 1. The van der Waals surface area contributed by atoms with Gasteiger partial charge in [0.15, 0.2) is 5.96 Å². The second-order valence-electron chi connectivity index (χ2n) is 17.3. The van der Waals surface area contributed by atoms with E-state index in [4.69, 9.17) is 11.5 Å². The van der Waals surface area contributed by atoms with Gasteiger partial charge in [0, 0.05) is 51.2 Å². The average Bonchev–Trinajstić information content (AvgIpc) is 3.85. The van der Waals surface area contributed by atoms with E-state index in [2.05, 4.69) is 57.5 Å². The van der Waals surface area contributed by atoms with Crippen molar-refractivity contribution in [3.63, 3.8) is 0 Å². The molecule has 7 atom stereocenters. The third-order valence-corrected chi connectivity index (χ3v) is 11.4. The van der Waals surface area contributed by atoms with Gasteiger partial charge in [0.25, 0.3) is 0 Å². The van der Waals surface area contributed by atoms with Gasteiger partial charge in [0.1, 0.15) is 42.3 Å². The van der Waals surface area contributed by atoms with Crippen LogP contribution in [0.25, 0.3) is 0 Å². The number of carbonyl (C=O) groups excluding carboxylic acids is 8. The number of amides is 8. The lowest BCUT2D eigenvalue weighted by Gasteiger charge is -2.28. The summed E-state index contributed by atoms with van der Waals surface area (Å²) in [6.45, 7) is 3.18. The maximum absolute atomic E-state index is 14.5. The normalized spacial score (nSPS) is 21.6. The van der Waals surface area contributed by atoms with Gasteiger partial charge in [0.2, 0.25) is 47.3 Å². The van der Waals surface area contributed by atoms with E-state index in [9.17, 15) is 48.3 Å². The number of carboxylic acid groups (broad SMARTS) is 1. The van der Waals surface area contributed by atoms with Gasteiger partial charge in [-0.25, -0.2) is 9.78 Å². The molecule has 0 aliphatic carbocycles. The van der Waals surface area contributed by atoms with Crippen molar-refractivity contribution in [3.8, 4) is 0 Å². The number of unbranched alkanes of at least 4 members (excludes halogenated alkanes) is 1. The minimum absolute atomic E-state index is 0.0123. The van der Waals surface area contributed by atoms with Gasteiger partial charge in [-0.15, -0.1) is 0 Å². The molecule has 71 heavy (non-hydrogen) atoms. The number of nitrogens with one attached hydrogen (secondary N) is 9. The maximum Gasteiger partial charge on any atom is 0.326 e. The molecule has 2 heterocycles. The second-order valence-corrected chi connectivity index (χ2v) is 17.3. The number of imidazole rings is 1. The number of nitrogens with zero attached hydrogens (tertiary/aromatic N) is 2. The van der Waals surface area contributed by atoms with Crippen molar-refractivity contribution in [2.45, 2.75) is 133 Å². The predicted octanol–water partition coefficient (Wildman–Crippen LogP) is -1.13. The molecule has 0 radical (unpaired) electrons. The molecule has 23 heteroatoms. The minimum atomic E-state index is -1.59. The van der Waals surface area contributed by atoms with Gasteiger partial charge in [-0.3, -0.25) is 43.3 Å². The zero-order chi connectivity index (χ0) is 51.7. The zero-order valence-electron chi connectivity index (χ0n) is 40.0. The molecule has 14 N–H and O–H groups in total. The summed E-state index contributed by atoms with van der Waals surface area (Å²) in [7, 11) is 0. The third kappa shape index (κ3) is 20.0.